The van der Waals surface area contributed by atoms with Crippen LogP contribution in [0.25, 0.3) is 6.08 Å². The van der Waals surface area contributed by atoms with E-state index in [0.29, 0.717) is 5.56 Å². The Labute approximate surface area is 89.5 Å². The molecule has 0 aromatic heterocycles. The molecular weight excluding hydrogens is 251 g/mol. The van der Waals surface area contributed by atoms with Gasteiger partial charge in [-0.15, -0.1) is 0 Å². The number of hydrogen-bond acceptors (Lipinski definition) is 2. The van der Waals surface area contributed by atoms with Gasteiger partial charge < -0.3 is 4.74 Å². The van der Waals surface area contributed by atoms with Crippen LogP contribution in [0.1, 0.15) is 5.56 Å². The van der Waals surface area contributed by atoms with Crippen LogP contribution in [0, 0.1) is 5.82 Å². The Morgan fingerprint density at radius 1 is 1.57 bits per heavy atom. The highest BCUT2D eigenvalue weighted by Crippen LogP contribution is 2.19. The average molecular weight is 259 g/mol. The molecule has 0 amide bonds. The highest BCUT2D eigenvalue weighted by atomic mass is 79.9. The Morgan fingerprint density at radius 2 is 2.29 bits per heavy atom. The van der Waals surface area contributed by atoms with Crippen LogP contribution in [0.4, 0.5) is 4.39 Å². The predicted octanol–water partition coefficient (Wildman–Crippen LogP) is 2.77. The number of rotatable bonds is 2. The van der Waals surface area contributed by atoms with E-state index in [2.05, 4.69) is 20.7 Å². The summed E-state index contributed by atoms with van der Waals surface area (Å²) in [4.78, 5) is 10.8. The third kappa shape index (κ3) is 2.96. The van der Waals surface area contributed by atoms with Gasteiger partial charge >= 0.3 is 5.97 Å². The van der Waals surface area contributed by atoms with Crippen LogP contribution < -0.4 is 0 Å². The summed E-state index contributed by atoms with van der Waals surface area (Å²) in [5, 5.41) is 0. The number of hydrogen-bond donors (Lipinski definition) is 0. The molecule has 1 rings (SSSR count). The smallest absolute Gasteiger partial charge is 0.330 e. The van der Waals surface area contributed by atoms with Crippen molar-refractivity contribution in [3.05, 3.63) is 40.1 Å². The molecule has 0 radical (unpaired) electrons. The molecule has 1 aromatic carbocycles. The maximum atomic E-state index is 12.8. The van der Waals surface area contributed by atoms with Crippen LogP contribution in [0.15, 0.2) is 28.7 Å². The van der Waals surface area contributed by atoms with Crippen LogP contribution in [0.2, 0.25) is 0 Å². The number of benzene rings is 1. The van der Waals surface area contributed by atoms with Crippen molar-refractivity contribution >= 4 is 28.0 Å². The van der Waals surface area contributed by atoms with E-state index in [9.17, 15) is 9.18 Å². The van der Waals surface area contributed by atoms with E-state index in [0.717, 1.165) is 4.47 Å². The highest BCUT2D eigenvalue weighted by molar-refractivity contribution is 9.10. The number of methoxy groups -OCH3 is 1. The predicted molar refractivity (Wildman–Crippen MR) is 55.2 cm³/mol. The molecule has 0 unspecified atom stereocenters. The SMILES string of the molecule is COC(=O)/C=C/c1cc(F)ccc1Br. The van der Waals surface area contributed by atoms with Crippen molar-refractivity contribution in [2.75, 3.05) is 7.11 Å². The van der Waals surface area contributed by atoms with E-state index in [4.69, 9.17) is 0 Å². The molecular formula is C10H8BrFO2. The van der Waals surface area contributed by atoms with E-state index in [1.165, 1.54) is 31.4 Å². The Hall–Kier alpha value is -1.16. The zero-order valence-corrected chi connectivity index (χ0v) is 9.05. The fourth-order valence-corrected chi connectivity index (χ4v) is 1.25. The van der Waals surface area contributed by atoms with Crippen molar-refractivity contribution in [1.82, 2.24) is 0 Å². The Kier molecular flexibility index (Phi) is 3.83. The van der Waals surface area contributed by atoms with E-state index in [1.807, 2.05) is 0 Å². The summed E-state index contributed by atoms with van der Waals surface area (Å²) in [5.74, 6) is -0.820. The topological polar surface area (TPSA) is 26.3 Å². The summed E-state index contributed by atoms with van der Waals surface area (Å²) in [5.41, 5.74) is 0.593. The second-order valence-electron chi connectivity index (χ2n) is 2.52. The largest absolute Gasteiger partial charge is 0.466 e. The number of halogens is 2. The molecule has 0 fully saturated rings. The number of esters is 1. The molecule has 0 bridgehead atoms. The first kappa shape index (κ1) is 10.9. The lowest BCUT2D eigenvalue weighted by molar-refractivity contribution is -0.134. The first-order chi connectivity index (χ1) is 6.63. The number of ether oxygens (including phenoxy) is 1. The van der Waals surface area contributed by atoms with Crippen molar-refractivity contribution in [2.24, 2.45) is 0 Å². The molecule has 2 nitrogen and oxygen atoms in total. The summed E-state index contributed by atoms with van der Waals surface area (Å²) in [6.07, 6.45) is 2.72. The lowest BCUT2D eigenvalue weighted by atomic mass is 10.2. The number of carbonyl (C=O) groups is 1. The monoisotopic (exact) mass is 258 g/mol. The van der Waals surface area contributed by atoms with Gasteiger partial charge in [0.1, 0.15) is 5.82 Å². The fourth-order valence-electron chi connectivity index (χ4n) is 0.868. The molecule has 4 heteroatoms. The first-order valence-corrected chi connectivity index (χ1v) is 4.64. The van der Waals surface area contributed by atoms with E-state index in [-0.39, 0.29) is 5.82 Å². The Morgan fingerprint density at radius 3 is 2.93 bits per heavy atom. The van der Waals surface area contributed by atoms with Crippen molar-refractivity contribution in [3.8, 4) is 0 Å². The van der Waals surface area contributed by atoms with Gasteiger partial charge in [-0.3, -0.25) is 0 Å². The quantitative estimate of drug-likeness (QED) is 0.603. The van der Waals surface area contributed by atoms with E-state index < -0.39 is 5.97 Å². The number of carbonyl (C=O) groups excluding carboxylic acids is 1. The normalized spacial score (nSPS) is 10.5. The van der Waals surface area contributed by atoms with Gasteiger partial charge in [-0.2, -0.15) is 0 Å². The maximum Gasteiger partial charge on any atom is 0.330 e. The van der Waals surface area contributed by atoms with Gasteiger partial charge in [0, 0.05) is 10.5 Å². The lowest BCUT2D eigenvalue weighted by Gasteiger charge is -1.97. The van der Waals surface area contributed by atoms with Gasteiger partial charge in [-0.1, -0.05) is 15.9 Å². The second kappa shape index (κ2) is 4.91. The zero-order valence-electron chi connectivity index (χ0n) is 7.46. The fraction of sp³-hybridized carbons (Fsp3) is 0.100. The molecule has 0 saturated carbocycles. The minimum Gasteiger partial charge on any atom is -0.466 e. The molecule has 74 valence electrons. The molecule has 0 spiro atoms. The Balaban J connectivity index is 2.90. The zero-order chi connectivity index (χ0) is 10.6. The first-order valence-electron chi connectivity index (χ1n) is 3.84. The third-order valence-electron chi connectivity index (χ3n) is 1.56. The van der Waals surface area contributed by atoms with Crippen LogP contribution in [0.3, 0.4) is 0 Å². The molecule has 1 aromatic rings. The van der Waals surface area contributed by atoms with Crippen LogP contribution in [0.5, 0.6) is 0 Å². The van der Waals surface area contributed by atoms with Crippen molar-refractivity contribution < 1.29 is 13.9 Å². The molecule has 0 N–H and O–H groups in total. The summed E-state index contributed by atoms with van der Waals surface area (Å²) in [7, 11) is 1.29. The second-order valence-corrected chi connectivity index (χ2v) is 3.38. The summed E-state index contributed by atoms with van der Waals surface area (Å²) in [6, 6.07) is 4.23. The van der Waals surface area contributed by atoms with Crippen LogP contribution in [-0.4, -0.2) is 13.1 Å². The summed E-state index contributed by atoms with van der Waals surface area (Å²) >= 11 is 3.23. The van der Waals surface area contributed by atoms with Gasteiger partial charge in [0.2, 0.25) is 0 Å². The van der Waals surface area contributed by atoms with Crippen LogP contribution >= 0.6 is 15.9 Å². The maximum absolute atomic E-state index is 12.8. The average Bonchev–Trinajstić information content (AvgIpc) is 2.19. The van der Waals surface area contributed by atoms with Crippen LogP contribution in [-0.2, 0) is 9.53 Å². The highest BCUT2D eigenvalue weighted by Gasteiger charge is 1.99. The minimum absolute atomic E-state index is 0.349. The third-order valence-corrected chi connectivity index (χ3v) is 2.28. The van der Waals surface area contributed by atoms with Gasteiger partial charge in [0.25, 0.3) is 0 Å². The van der Waals surface area contributed by atoms with Gasteiger partial charge in [-0.25, -0.2) is 9.18 Å². The minimum atomic E-state index is -0.471. The van der Waals surface area contributed by atoms with Crippen molar-refractivity contribution in [2.45, 2.75) is 0 Å². The summed E-state index contributed by atoms with van der Waals surface area (Å²) in [6.45, 7) is 0. The lowest BCUT2D eigenvalue weighted by Crippen LogP contribution is -1.93. The van der Waals surface area contributed by atoms with Gasteiger partial charge in [0.05, 0.1) is 7.11 Å². The molecule has 0 aliphatic heterocycles. The van der Waals surface area contributed by atoms with Crippen molar-refractivity contribution in [3.63, 3.8) is 0 Å². The molecule has 0 aliphatic rings. The molecule has 0 aliphatic carbocycles. The Bertz CT molecular complexity index is 374. The van der Waals surface area contributed by atoms with E-state index >= 15 is 0 Å². The molecule has 0 atom stereocenters. The summed E-state index contributed by atoms with van der Waals surface area (Å²) < 4.78 is 17.9. The molecule has 14 heavy (non-hydrogen) atoms. The molecule has 0 saturated heterocycles. The van der Waals surface area contributed by atoms with Gasteiger partial charge in [0.15, 0.2) is 0 Å². The van der Waals surface area contributed by atoms with Gasteiger partial charge in [-0.05, 0) is 29.8 Å². The molecule has 0 heterocycles. The van der Waals surface area contributed by atoms with Crippen molar-refractivity contribution in [1.29, 1.82) is 0 Å². The van der Waals surface area contributed by atoms with E-state index in [1.54, 1.807) is 6.07 Å². The standard InChI is InChI=1S/C10H8BrFO2/c1-14-10(13)5-2-7-6-8(12)3-4-9(7)11/h2-6H,1H3/b5-2+.